The maximum Gasteiger partial charge on any atom is 0.326 e. The predicted octanol–water partition coefficient (Wildman–Crippen LogP) is 2.25. The van der Waals surface area contributed by atoms with Gasteiger partial charge in [-0.05, 0) is 18.4 Å². The molecule has 0 saturated heterocycles. The van der Waals surface area contributed by atoms with E-state index in [0.29, 0.717) is 6.54 Å². The molecule has 0 bridgehead atoms. The van der Waals surface area contributed by atoms with Crippen LogP contribution in [0, 0.1) is 12.8 Å². The average molecular weight is 278 g/mol. The molecule has 0 heterocycles. The standard InChI is InChI=1S/C15H22N2O3/c1-10(2)13(14(18)19)16-15(20)17(4)9-12-7-5-11(3)6-8-12/h5-8,10,13H,9H2,1-4H3,(H,16,20)(H,18,19)/t13-/m0/s1. The predicted molar refractivity (Wildman–Crippen MR) is 77.4 cm³/mol. The largest absolute Gasteiger partial charge is 0.480 e. The van der Waals surface area contributed by atoms with Crippen molar-refractivity contribution in [2.45, 2.75) is 33.4 Å². The van der Waals surface area contributed by atoms with E-state index in [9.17, 15) is 9.59 Å². The van der Waals surface area contributed by atoms with Crippen LogP contribution in [0.1, 0.15) is 25.0 Å². The maximum absolute atomic E-state index is 12.0. The van der Waals surface area contributed by atoms with Gasteiger partial charge in [-0.3, -0.25) is 0 Å². The van der Waals surface area contributed by atoms with Crippen LogP contribution < -0.4 is 5.32 Å². The molecule has 1 aromatic rings. The first kappa shape index (κ1) is 16.0. The number of carboxylic acid groups (broad SMARTS) is 1. The third kappa shape index (κ3) is 4.57. The molecule has 1 aromatic carbocycles. The molecule has 0 fully saturated rings. The molecule has 0 aliphatic rings. The third-order valence-electron chi connectivity index (χ3n) is 3.10. The van der Waals surface area contributed by atoms with Crippen LogP contribution in [-0.2, 0) is 11.3 Å². The van der Waals surface area contributed by atoms with Gasteiger partial charge >= 0.3 is 12.0 Å². The molecule has 5 heteroatoms. The number of hydrogen-bond acceptors (Lipinski definition) is 2. The second-order valence-corrected chi connectivity index (χ2v) is 5.35. The Hall–Kier alpha value is -2.04. The van der Waals surface area contributed by atoms with E-state index in [1.54, 1.807) is 20.9 Å². The lowest BCUT2D eigenvalue weighted by Gasteiger charge is -2.23. The van der Waals surface area contributed by atoms with E-state index >= 15 is 0 Å². The second-order valence-electron chi connectivity index (χ2n) is 5.35. The van der Waals surface area contributed by atoms with Crippen molar-refractivity contribution in [2.75, 3.05) is 7.05 Å². The summed E-state index contributed by atoms with van der Waals surface area (Å²) in [7, 11) is 1.65. The molecule has 0 unspecified atom stereocenters. The molecule has 20 heavy (non-hydrogen) atoms. The van der Waals surface area contributed by atoms with Gasteiger partial charge in [-0.25, -0.2) is 9.59 Å². The Kier molecular flexibility index (Phi) is 5.55. The van der Waals surface area contributed by atoms with E-state index in [1.165, 1.54) is 4.90 Å². The van der Waals surface area contributed by atoms with Crippen LogP contribution in [0.4, 0.5) is 4.79 Å². The van der Waals surface area contributed by atoms with Crippen LogP contribution >= 0.6 is 0 Å². The van der Waals surface area contributed by atoms with Crippen LogP contribution in [-0.4, -0.2) is 35.1 Å². The number of rotatable bonds is 5. The number of benzene rings is 1. The minimum Gasteiger partial charge on any atom is -0.480 e. The summed E-state index contributed by atoms with van der Waals surface area (Å²) in [5, 5.41) is 11.6. The lowest BCUT2D eigenvalue weighted by atomic mass is 10.1. The third-order valence-corrected chi connectivity index (χ3v) is 3.10. The zero-order chi connectivity index (χ0) is 15.3. The Balaban J connectivity index is 2.62. The minimum absolute atomic E-state index is 0.163. The van der Waals surface area contributed by atoms with E-state index in [1.807, 2.05) is 31.2 Å². The van der Waals surface area contributed by atoms with Crippen LogP contribution in [0.15, 0.2) is 24.3 Å². The van der Waals surface area contributed by atoms with Gasteiger partial charge in [-0.2, -0.15) is 0 Å². The van der Waals surface area contributed by atoms with Crippen LogP contribution in [0.2, 0.25) is 0 Å². The Bertz CT molecular complexity index is 469. The Morgan fingerprint density at radius 2 is 1.80 bits per heavy atom. The lowest BCUT2D eigenvalue weighted by molar-refractivity contribution is -0.140. The summed E-state index contributed by atoms with van der Waals surface area (Å²) in [6.45, 7) is 5.97. The fraction of sp³-hybridized carbons (Fsp3) is 0.467. The van der Waals surface area contributed by atoms with Gasteiger partial charge in [-0.1, -0.05) is 43.7 Å². The highest BCUT2D eigenvalue weighted by atomic mass is 16.4. The van der Waals surface area contributed by atoms with Crippen molar-refractivity contribution >= 4 is 12.0 Å². The highest BCUT2D eigenvalue weighted by Gasteiger charge is 2.24. The summed E-state index contributed by atoms with van der Waals surface area (Å²) >= 11 is 0. The van der Waals surface area contributed by atoms with Gasteiger partial charge in [0.05, 0.1) is 0 Å². The fourth-order valence-electron chi connectivity index (χ4n) is 1.80. The molecule has 1 atom stereocenters. The summed E-state index contributed by atoms with van der Waals surface area (Å²) in [6.07, 6.45) is 0. The molecule has 0 radical (unpaired) electrons. The normalized spacial score (nSPS) is 12.1. The van der Waals surface area contributed by atoms with Crippen molar-refractivity contribution in [1.82, 2.24) is 10.2 Å². The van der Waals surface area contributed by atoms with Crippen LogP contribution in [0.3, 0.4) is 0 Å². The average Bonchev–Trinajstić information content (AvgIpc) is 2.37. The van der Waals surface area contributed by atoms with E-state index in [2.05, 4.69) is 5.32 Å². The smallest absolute Gasteiger partial charge is 0.326 e. The molecule has 2 N–H and O–H groups in total. The first-order chi connectivity index (χ1) is 9.31. The molecule has 0 saturated carbocycles. The van der Waals surface area contributed by atoms with Crippen molar-refractivity contribution < 1.29 is 14.7 Å². The fourth-order valence-corrected chi connectivity index (χ4v) is 1.80. The highest BCUT2D eigenvalue weighted by molar-refractivity contribution is 5.82. The number of urea groups is 1. The summed E-state index contributed by atoms with van der Waals surface area (Å²) in [6, 6.07) is 6.62. The van der Waals surface area contributed by atoms with Gasteiger partial charge in [0.1, 0.15) is 6.04 Å². The summed E-state index contributed by atoms with van der Waals surface area (Å²) in [5.41, 5.74) is 2.16. The number of carboxylic acids is 1. The van der Waals surface area contributed by atoms with E-state index in [0.717, 1.165) is 11.1 Å². The topological polar surface area (TPSA) is 69.6 Å². The van der Waals surface area contributed by atoms with Crippen molar-refractivity contribution in [2.24, 2.45) is 5.92 Å². The number of nitrogens with one attached hydrogen (secondary N) is 1. The van der Waals surface area contributed by atoms with Gasteiger partial charge in [0, 0.05) is 13.6 Å². The quantitative estimate of drug-likeness (QED) is 0.868. The molecule has 0 aliphatic carbocycles. The zero-order valence-corrected chi connectivity index (χ0v) is 12.4. The lowest BCUT2D eigenvalue weighted by Crippen LogP contribution is -2.48. The molecule has 5 nitrogen and oxygen atoms in total. The zero-order valence-electron chi connectivity index (χ0n) is 12.4. The Labute approximate surface area is 119 Å². The molecule has 110 valence electrons. The summed E-state index contributed by atoms with van der Waals surface area (Å²) < 4.78 is 0. The van der Waals surface area contributed by atoms with Crippen molar-refractivity contribution in [1.29, 1.82) is 0 Å². The number of aryl methyl sites for hydroxylation is 1. The van der Waals surface area contributed by atoms with Gasteiger partial charge in [0.15, 0.2) is 0 Å². The van der Waals surface area contributed by atoms with Crippen molar-refractivity contribution in [3.05, 3.63) is 35.4 Å². The molecular weight excluding hydrogens is 256 g/mol. The first-order valence-electron chi connectivity index (χ1n) is 6.61. The minimum atomic E-state index is -1.02. The van der Waals surface area contributed by atoms with Crippen molar-refractivity contribution in [3.63, 3.8) is 0 Å². The number of carbonyl (C=O) groups excluding carboxylic acids is 1. The number of hydrogen-bond donors (Lipinski definition) is 2. The monoisotopic (exact) mass is 278 g/mol. The molecule has 2 amide bonds. The molecule has 0 spiro atoms. The second kappa shape index (κ2) is 6.93. The molecule has 0 aromatic heterocycles. The van der Waals surface area contributed by atoms with E-state index < -0.39 is 12.0 Å². The maximum atomic E-state index is 12.0. The molecular formula is C15H22N2O3. The summed E-state index contributed by atoms with van der Waals surface area (Å²) in [4.78, 5) is 24.5. The Morgan fingerprint density at radius 1 is 1.25 bits per heavy atom. The molecule has 1 rings (SSSR count). The van der Waals surface area contributed by atoms with Gasteiger partial charge < -0.3 is 15.3 Å². The number of aliphatic carboxylic acids is 1. The number of amides is 2. The van der Waals surface area contributed by atoms with E-state index in [-0.39, 0.29) is 11.9 Å². The van der Waals surface area contributed by atoms with Gasteiger partial charge in [0.2, 0.25) is 0 Å². The first-order valence-corrected chi connectivity index (χ1v) is 6.61. The number of carbonyl (C=O) groups is 2. The highest BCUT2D eigenvalue weighted by Crippen LogP contribution is 2.07. The van der Waals surface area contributed by atoms with Gasteiger partial charge in [-0.15, -0.1) is 0 Å². The van der Waals surface area contributed by atoms with Gasteiger partial charge in [0.25, 0.3) is 0 Å². The summed E-state index contributed by atoms with van der Waals surface area (Å²) in [5.74, 6) is -1.18. The van der Waals surface area contributed by atoms with E-state index in [4.69, 9.17) is 5.11 Å². The Morgan fingerprint density at radius 3 is 2.25 bits per heavy atom. The SMILES string of the molecule is Cc1ccc(CN(C)C(=O)N[C@H](C(=O)O)C(C)C)cc1. The van der Waals surface area contributed by atoms with Crippen molar-refractivity contribution in [3.8, 4) is 0 Å². The number of nitrogens with zero attached hydrogens (tertiary/aromatic N) is 1. The molecule has 0 aliphatic heterocycles. The van der Waals surface area contributed by atoms with Crippen LogP contribution in [0.5, 0.6) is 0 Å². The van der Waals surface area contributed by atoms with Crippen LogP contribution in [0.25, 0.3) is 0 Å².